The monoisotopic (exact) mass is 597 g/mol. The maximum atomic E-state index is 13.9. The Hall–Kier alpha value is -4.54. The lowest BCUT2D eigenvalue weighted by molar-refractivity contribution is -0.117. The topological polar surface area (TPSA) is 102 Å². The van der Waals surface area contributed by atoms with Crippen molar-refractivity contribution < 1.29 is 24.2 Å². The number of ether oxygens (including phenoxy) is 2. The highest BCUT2D eigenvalue weighted by atomic mass is 32.1. The zero-order valence-corrected chi connectivity index (χ0v) is 24.8. The van der Waals surface area contributed by atoms with Gasteiger partial charge in [0.2, 0.25) is 5.78 Å². The number of benzene rings is 3. The van der Waals surface area contributed by atoms with Crippen LogP contribution in [0.4, 0.5) is 5.13 Å². The lowest BCUT2D eigenvalue weighted by Crippen LogP contribution is -2.31. The van der Waals surface area contributed by atoms with Crippen molar-refractivity contribution >= 4 is 49.7 Å². The van der Waals surface area contributed by atoms with Crippen molar-refractivity contribution in [1.82, 2.24) is 9.97 Å². The molecule has 0 aliphatic carbocycles. The first-order chi connectivity index (χ1) is 20.3. The molecule has 0 fully saturated rings. The fourth-order valence-corrected chi connectivity index (χ4v) is 6.85. The molecule has 0 saturated heterocycles. The summed E-state index contributed by atoms with van der Waals surface area (Å²) >= 11 is 2.54. The van der Waals surface area contributed by atoms with Gasteiger partial charge in [0, 0.05) is 0 Å². The minimum absolute atomic E-state index is 0.000958. The van der Waals surface area contributed by atoms with Crippen molar-refractivity contribution in [2.75, 3.05) is 11.5 Å². The summed E-state index contributed by atoms with van der Waals surface area (Å²) in [5.41, 5.74) is 2.91. The summed E-state index contributed by atoms with van der Waals surface area (Å²) in [5.74, 6) is -0.370. The highest BCUT2D eigenvalue weighted by Crippen LogP contribution is 2.45. The maximum Gasteiger partial charge on any atom is 0.296 e. The largest absolute Gasteiger partial charge is 0.503 e. The molecule has 0 saturated carbocycles. The quantitative estimate of drug-likeness (QED) is 0.180. The van der Waals surface area contributed by atoms with Crippen LogP contribution in [-0.2, 0) is 11.4 Å². The summed E-state index contributed by atoms with van der Waals surface area (Å²) in [4.78, 5) is 38.5. The van der Waals surface area contributed by atoms with E-state index < -0.39 is 23.5 Å². The molecule has 3 aromatic carbocycles. The normalized spacial score (nSPS) is 15.1. The van der Waals surface area contributed by atoms with Crippen molar-refractivity contribution in [2.45, 2.75) is 33.4 Å². The molecule has 0 radical (unpaired) electrons. The summed E-state index contributed by atoms with van der Waals surface area (Å²) in [6.07, 6.45) is 0. The molecular weight excluding hydrogens is 571 g/mol. The van der Waals surface area contributed by atoms with Crippen LogP contribution in [0.25, 0.3) is 10.2 Å². The minimum atomic E-state index is -0.901. The molecule has 1 aliphatic heterocycles. The molecule has 212 valence electrons. The Morgan fingerprint density at radius 3 is 2.38 bits per heavy atom. The van der Waals surface area contributed by atoms with Gasteiger partial charge in [0.15, 0.2) is 10.9 Å². The zero-order valence-electron chi connectivity index (χ0n) is 23.2. The van der Waals surface area contributed by atoms with E-state index in [2.05, 4.69) is 4.98 Å². The zero-order chi connectivity index (χ0) is 29.4. The van der Waals surface area contributed by atoms with E-state index in [1.165, 1.54) is 27.6 Å². The van der Waals surface area contributed by atoms with E-state index in [-0.39, 0.29) is 5.57 Å². The smallest absolute Gasteiger partial charge is 0.296 e. The number of nitrogens with zero attached hydrogens (tertiary/aromatic N) is 3. The fourth-order valence-electron chi connectivity index (χ4n) is 4.95. The molecule has 2 aromatic heterocycles. The van der Waals surface area contributed by atoms with Crippen LogP contribution in [0.5, 0.6) is 11.5 Å². The van der Waals surface area contributed by atoms with Crippen LogP contribution in [0.3, 0.4) is 0 Å². The van der Waals surface area contributed by atoms with E-state index in [0.29, 0.717) is 51.5 Å². The first-order valence-electron chi connectivity index (χ1n) is 13.4. The van der Waals surface area contributed by atoms with Crippen molar-refractivity contribution in [2.24, 2.45) is 0 Å². The molecule has 6 rings (SSSR count). The van der Waals surface area contributed by atoms with Gasteiger partial charge in [0.05, 0.1) is 44.0 Å². The molecule has 8 nitrogen and oxygen atoms in total. The van der Waals surface area contributed by atoms with Crippen LogP contribution in [0.2, 0.25) is 0 Å². The first kappa shape index (κ1) is 27.6. The Morgan fingerprint density at radius 2 is 1.69 bits per heavy atom. The number of rotatable bonds is 9. The number of thiazole rings is 2. The van der Waals surface area contributed by atoms with E-state index in [1.54, 1.807) is 19.1 Å². The van der Waals surface area contributed by atoms with Crippen LogP contribution in [-0.4, -0.2) is 33.4 Å². The first-order valence-corrected chi connectivity index (χ1v) is 15.0. The van der Waals surface area contributed by atoms with Gasteiger partial charge >= 0.3 is 0 Å². The van der Waals surface area contributed by atoms with Gasteiger partial charge in [-0.15, -0.1) is 11.3 Å². The van der Waals surface area contributed by atoms with Gasteiger partial charge in [0.25, 0.3) is 5.91 Å². The second-order valence-corrected chi connectivity index (χ2v) is 11.9. The highest BCUT2D eigenvalue weighted by Gasteiger charge is 2.46. The molecule has 1 amide bonds. The van der Waals surface area contributed by atoms with Crippen LogP contribution < -0.4 is 14.4 Å². The number of ketones is 1. The molecule has 3 heterocycles. The van der Waals surface area contributed by atoms with E-state index >= 15 is 0 Å². The molecule has 42 heavy (non-hydrogen) atoms. The molecule has 1 unspecified atom stereocenters. The fraction of sp³-hybridized carbons (Fsp3) is 0.188. The molecule has 10 heteroatoms. The third kappa shape index (κ3) is 5.15. The SMILES string of the molecule is CCOc1ccc2nc(N3C(=O)C(O)=C(C(=O)c4sc(C)nc4C)C3c3ccc(OCc4ccccc4)cc3)sc2c1. The van der Waals surface area contributed by atoms with Gasteiger partial charge < -0.3 is 14.6 Å². The van der Waals surface area contributed by atoms with Gasteiger partial charge in [-0.3, -0.25) is 14.5 Å². The van der Waals surface area contributed by atoms with Gasteiger partial charge in [-0.25, -0.2) is 9.97 Å². The third-order valence-electron chi connectivity index (χ3n) is 6.87. The standard InChI is InChI=1S/C32H27N3O5S2/c1-4-39-23-14-15-24-25(16-23)42-32(34-24)35-27(21-10-12-22(13-11-21)40-17-20-8-6-5-7-9-20)26(29(37)31(35)38)28(36)30-18(2)33-19(3)41-30/h5-16,27,37H,4,17H2,1-3H3. The average Bonchev–Trinajstić information content (AvgIpc) is 3.64. The Bertz CT molecular complexity index is 1830. The number of aliphatic hydroxyl groups is 1. The molecule has 1 N–H and O–H groups in total. The van der Waals surface area contributed by atoms with E-state index in [4.69, 9.17) is 14.5 Å². The second-order valence-electron chi connectivity index (χ2n) is 9.72. The highest BCUT2D eigenvalue weighted by molar-refractivity contribution is 7.22. The van der Waals surface area contributed by atoms with Crippen LogP contribution in [0.15, 0.2) is 84.1 Å². The van der Waals surface area contributed by atoms with E-state index in [0.717, 1.165) is 15.3 Å². The molecule has 1 aliphatic rings. The minimum Gasteiger partial charge on any atom is -0.503 e. The number of aliphatic hydroxyl groups excluding tert-OH is 1. The maximum absolute atomic E-state index is 13.9. The lowest BCUT2D eigenvalue weighted by atomic mass is 9.95. The number of carbonyl (C=O) groups excluding carboxylic acids is 2. The number of anilines is 1. The number of hydrogen-bond acceptors (Lipinski definition) is 9. The average molecular weight is 598 g/mol. The third-order valence-corrected chi connectivity index (χ3v) is 8.96. The van der Waals surface area contributed by atoms with Crippen molar-refractivity contribution in [3.05, 3.63) is 111 Å². The van der Waals surface area contributed by atoms with Crippen molar-refractivity contribution in [3.63, 3.8) is 0 Å². The molecular formula is C32H27N3O5S2. The van der Waals surface area contributed by atoms with Gasteiger partial charge in [-0.1, -0.05) is 53.8 Å². The summed E-state index contributed by atoms with van der Waals surface area (Å²) in [7, 11) is 0. The second kappa shape index (κ2) is 11.4. The number of aromatic nitrogens is 2. The van der Waals surface area contributed by atoms with Gasteiger partial charge in [0.1, 0.15) is 18.1 Å². The summed E-state index contributed by atoms with van der Waals surface area (Å²) in [5, 5.41) is 12.3. The summed E-state index contributed by atoms with van der Waals surface area (Å²) < 4.78 is 12.4. The molecule has 0 bridgehead atoms. The number of Topliss-reactive ketones (excluding diaryl/α,β-unsaturated/α-hetero) is 1. The van der Waals surface area contributed by atoms with Crippen molar-refractivity contribution in [1.29, 1.82) is 0 Å². The number of aryl methyl sites for hydroxylation is 2. The summed E-state index contributed by atoms with van der Waals surface area (Å²) in [6, 6.07) is 21.7. The Kier molecular flexibility index (Phi) is 7.49. The number of carbonyl (C=O) groups is 2. The predicted molar refractivity (Wildman–Crippen MR) is 164 cm³/mol. The van der Waals surface area contributed by atoms with E-state index in [1.807, 2.05) is 74.5 Å². The number of amides is 1. The lowest BCUT2D eigenvalue weighted by Gasteiger charge is -2.24. The van der Waals surface area contributed by atoms with Crippen molar-refractivity contribution in [3.8, 4) is 11.5 Å². The summed E-state index contributed by atoms with van der Waals surface area (Å²) in [6.45, 7) is 6.40. The van der Waals surface area contributed by atoms with E-state index in [9.17, 15) is 14.7 Å². The Morgan fingerprint density at radius 1 is 0.952 bits per heavy atom. The van der Waals surface area contributed by atoms with Crippen LogP contribution >= 0.6 is 22.7 Å². The predicted octanol–water partition coefficient (Wildman–Crippen LogP) is 7.13. The van der Waals surface area contributed by atoms with Gasteiger partial charge in [-0.05, 0) is 62.2 Å². The van der Waals surface area contributed by atoms with Gasteiger partial charge in [-0.2, -0.15) is 0 Å². The Balaban J connectivity index is 1.40. The number of fused-ring (bicyclic) bond motifs is 1. The molecule has 5 aromatic rings. The number of hydrogen-bond donors (Lipinski definition) is 1. The van der Waals surface area contributed by atoms with Crippen LogP contribution in [0, 0.1) is 13.8 Å². The molecule has 1 atom stereocenters. The molecule has 0 spiro atoms. The Labute approximate surface area is 250 Å². The van der Waals surface area contributed by atoms with Crippen LogP contribution in [0.1, 0.15) is 44.5 Å².